The minimum absolute atomic E-state index is 0.419. The van der Waals surface area contributed by atoms with Crippen LogP contribution < -0.4 is 5.32 Å². The van der Waals surface area contributed by atoms with Gasteiger partial charge < -0.3 is 10.1 Å². The lowest BCUT2D eigenvalue weighted by atomic mass is 9.89. The van der Waals surface area contributed by atoms with Gasteiger partial charge in [-0.2, -0.15) is 0 Å². The van der Waals surface area contributed by atoms with Crippen molar-refractivity contribution in [3.8, 4) is 0 Å². The summed E-state index contributed by atoms with van der Waals surface area (Å²) in [7, 11) is 1.76. The first kappa shape index (κ1) is 10.4. The molecule has 1 N–H and O–H groups in total. The molecule has 0 bridgehead atoms. The summed E-state index contributed by atoms with van der Waals surface area (Å²) in [6, 6.07) is 0.492. The maximum absolute atomic E-state index is 5.22. The zero-order valence-electron chi connectivity index (χ0n) is 9.45. The number of aromatic nitrogens is 2. The molecule has 4 nitrogen and oxygen atoms in total. The van der Waals surface area contributed by atoms with E-state index >= 15 is 0 Å². The molecule has 1 saturated carbocycles. The van der Waals surface area contributed by atoms with Crippen LogP contribution in [0.3, 0.4) is 0 Å². The maximum Gasteiger partial charge on any atom is 0.145 e. The number of methoxy groups -OCH3 is 1. The summed E-state index contributed by atoms with van der Waals surface area (Å²) in [6.07, 6.45) is 4.33. The molecule has 1 aromatic rings. The van der Waals surface area contributed by atoms with Crippen LogP contribution in [-0.2, 0) is 4.74 Å². The van der Waals surface area contributed by atoms with E-state index < -0.39 is 0 Å². The fourth-order valence-electron chi connectivity index (χ4n) is 1.70. The zero-order chi connectivity index (χ0) is 10.8. The third-order valence-electron chi connectivity index (χ3n) is 2.97. The SMILES string of the molecule is COC1CC(Nc2cnc(C)c(C)n2)C1. The van der Waals surface area contributed by atoms with Gasteiger partial charge in [0.2, 0.25) is 0 Å². The van der Waals surface area contributed by atoms with E-state index in [9.17, 15) is 0 Å². The van der Waals surface area contributed by atoms with E-state index in [1.165, 1.54) is 0 Å². The van der Waals surface area contributed by atoms with E-state index in [2.05, 4.69) is 15.3 Å². The molecule has 82 valence electrons. The molecule has 1 fully saturated rings. The number of anilines is 1. The zero-order valence-corrected chi connectivity index (χ0v) is 9.45. The van der Waals surface area contributed by atoms with E-state index in [0.717, 1.165) is 30.0 Å². The summed E-state index contributed by atoms with van der Waals surface area (Å²) in [5, 5.41) is 3.36. The van der Waals surface area contributed by atoms with Crippen molar-refractivity contribution >= 4 is 5.82 Å². The standard InChI is InChI=1S/C11H17N3O/c1-7-8(2)13-11(6-12-7)14-9-4-10(5-9)15-3/h6,9-10H,4-5H2,1-3H3,(H,13,14). The van der Waals surface area contributed by atoms with Gasteiger partial charge in [-0.1, -0.05) is 0 Å². The number of hydrogen-bond donors (Lipinski definition) is 1. The Kier molecular flexibility index (Phi) is 2.86. The lowest BCUT2D eigenvalue weighted by Gasteiger charge is -2.34. The van der Waals surface area contributed by atoms with Gasteiger partial charge in [0.1, 0.15) is 5.82 Å². The van der Waals surface area contributed by atoms with E-state index in [0.29, 0.717) is 12.1 Å². The van der Waals surface area contributed by atoms with Crippen molar-refractivity contribution in [2.45, 2.75) is 38.8 Å². The van der Waals surface area contributed by atoms with Crippen LogP contribution in [0, 0.1) is 13.8 Å². The average molecular weight is 207 g/mol. The molecule has 0 spiro atoms. The van der Waals surface area contributed by atoms with Crippen LogP contribution in [0.25, 0.3) is 0 Å². The number of hydrogen-bond acceptors (Lipinski definition) is 4. The second-order valence-corrected chi connectivity index (χ2v) is 4.10. The minimum atomic E-state index is 0.419. The highest BCUT2D eigenvalue weighted by molar-refractivity contribution is 5.35. The molecule has 1 aliphatic carbocycles. The molecule has 15 heavy (non-hydrogen) atoms. The molecule has 0 aromatic carbocycles. The van der Waals surface area contributed by atoms with Crippen LogP contribution in [0.2, 0.25) is 0 Å². The van der Waals surface area contributed by atoms with Crippen LogP contribution in [0.5, 0.6) is 0 Å². The van der Waals surface area contributed by atoms with Crippen molar-refractivity contribution in [2.24, 2.45) is 0 Å². The Bertz CT molecular complexity index is 348. The predicted octanol–water partition coefficient (Wildman–Crippen LogP) is 1.68. The average Bonchev–Trinajstić information content (AvgIpc) is 2.16. The highest BCUT2D eigenvalue weighted by Gasteiger charge is 2.29. The van der Waals surface area contributed by atoms with Crippen molar-refractivity contribution in [1.82, 2.24) is 9.97 Å². The number of ether oxygens (including phenoxy) is 1. The van der Waals surface area contributed by atoms with Gasteiger partial charge in [0.15, 0.2) is 0 Å². The number of aryl methyl sites for hydroxylation is 2. The van der Waals surface area contributed by atoms with Gasteiger partial charge in [0, 0.05) is 13.2 Å². The molecule has 0 radical (unpaired) electrons. The van der Waals surface area contributed by atoms with E-state index in [1.807, 2.05) is 13.8 Å². The molecular weight excluding hydrogens is 190 g/mol. The molecule has 4 heteroatoms. The molecular formula is C11H17N3O. The monoisotopic (exact) mass is 207 g/mol. The van der Waals surface area contributed by atoms with Gasteiger partial charge in [-0.15, -0.1) is 0 Å². The Morgan fingerprint density at radius 1 is 1.33 bits per heavy atom. The second-order valence-electron chi connectivity index (χ2n) is 4.10. The van der Waals surface area contributed by atoms with E-state index in [1.54, 1.807) is 13.3 Å². The summed E-state index contributed by atoms with van der Waals surface area (Å²) >= 11 is 0. The molecule has 2 rings (SSSR count). The highest BCUT2D eigenvalue weighted by Crippen LogP contribution is 2.25. The van der Waals surface area contributed by atoms with Crippen LogP contribution in [-0.4, -0.2) is 29.2 Å². The van der Waals surface area contributed by atoms with Gasteiger partial charge in [-0.05, 0) is 26.7 Å². The Morgan fingerprint density at radius 3 is 2.67 bits per heavy atom. The van der Waals surface area contributed by atoms with Gasteiger partial charge in [0.25, 0.3) is 0 Å². The van der Waals surface area contributed by atoms with Crippen molar-refractivity contribution in [3.05, 3.63) is 17.6 Å². The Hall–Kier alpha value is -1.16. The fourth-order valence-corrected chi connectivity index (χ4v) is 1.70. The highest BCUT2D eigenvalue weighted by atomic mass is 16.5. The van der Waals surface area contributed by atoms with Crippen molar-refractivity contribution in [2.75, 3.05) is 12.4 Å². The molecule has 0 aliphatic heterocycles. The van der Waals surface area contributed by atoms with Gasteiger partial charge in [-0.3, -0.25) is 4.98 Å². The number of nitrogens with one attached hydrogen (secondary N) is 1. The minimum Gasteiger partial charge on any atom is -0.381 e. The third-order valence-corrected chi connectivity index (χ3v) is 2.97. The first-order valence-corrected chi connectivity index (χ1v) is 5.28. The van der Waals surface area contributed by atoms with Crippen molar-refractivity contribution in [1.29, 1.82) is 0 Å². The maximum atomic E-state index is 5.22. The third kappa shape index (κ3) is 2.26. The molecule has 0 atom stereocenters. The largest absolute Gasteiger partial charge is 0.381 e. The smallest absolute Gasteiger partial charge is 0.145 e. The number of rotatable bonds is 3. The summed E-state index contributed by atoms with van der Waals surface area (Å²) in [5.74, 6) is 0.873. The Morgan fingerprint density at radius 2 is 2.07 bits per heavy atom. The van der Waals surface area contributed by atoms with Gasteiger partial charge in [0.05, 0.1) is 23.7 Å². The van der Waals surface area contributed by atoms with Crippen molar-refractivity contribution in [3.63, 3.8) is 0 Å². The lowest BCUT2D eigenvalue weighted by molar-refractivity contribution is 0.0328. The van der Waals surface area contributed by atoms with Crippen molar-refractivity contribution < 1.29 is 4.74 Å². The molecule has 0 amide bonds. The van der Waals surface area contributed by atoms with Gasteiger partial charge >= 0.3 is 0 Å². The van der Waals surface area contributed by atoms with E-state index in [4.69, 9.17) is 4.74 Å². The predicted molar refractivity (Wildman–Crippen MR) is 58.9 cm³/mol. The molecule has 0 saturated heterocycles. The fraction of sp³-hybridized carbons (Fsp3) is 0.636. The normalized spacial score (nSPS) is 24.7. The van der Waals surface area contributed by atoms with Gasteiger partial charge in [-0.25, -0.2) is 4.98 Å². The Balaban J connectivity index is 1.92. The van der Waals surface area contributed by atoms with Crippen LogP contribution in [0.1, 0.15) is 24.2 Å². The Labute approximate surface area is 90.1 Å². The molecule has 1 aromatic heterocycles. The molecule has 0 unspecified atom stereocenters. The summed E-state index contributed by atoms with van der Waals surface area (Å²) in [6.45, 7) is 3.95. The topological polar surface area (TPSA) is 47.0 Å². The second kappa shape index (κ2) is 4.14. The summed E-state index contributed by atoms with van der Waals surface area (Å²) in [4.78, 5) is 8.70. The first-order valence-electron chi connectivity index (χ1n) is 5.28. The van der Waals surface area contributed by atoms with Crippen LogP contribution >= 0.6 is 0 Å². The summed E-state index contributed by atoms with van der Waals surface area (Å²) in [5.41, 5.74) is 1.98. The molecule has 1 heterocycles. The lowest BCUT2D eigenvalue weighted by Crippen LogP contribution is -2.40. The number of nitrogens with zero attached hydrogens (tertiary/aromatic N) is 2. The van der Waals surface area contributed by atoms with E-state index in [-0.39, 0.29) is 0 Å². The van der Waals surface area contributed by atoms with Crippen LogP contribution in [0.4, 0.5) is 5.82 Å². The summed E-state index contributed by atoms with van der Waals surface area (Å²) < 4.78 is 5.22. The quantitative estimate of drug-likeness (QED) is 0.819. The first-order chi connectivity index (χ1) is 7.19. The van der Waals surface area contributed by atoms with Crippen LogP contribution in [0.15, 0.2) is 6.20 Å². The molecule has 1 aliphatic rings.